The van der Waals surface area contributed by atoms with Gasteiger partial charge in [-0.25, -0.2) is 4.79 Å². The molecule has 0 fully saturated rings. The van der Waals surface area contributed by atoms with Gasteiger partial charge in [0.25, 0.3) is 0 Å². The lowest BCUT2D eigenvalue weighted by Crippen LogP contribution is -2.25. The Morgan fingerprint density at radius 1 is 1.35 bits per heavy atom. The topological polar surface area (TPSA) is 76.4 Å². The predicted molar refractivity (Wildman–Crippen MR) is 74.0 cm³/mol. The van der Waals surface area contributed by atoms with Crippen molar-refractivity contribution >= 4 is 5.97 Å². The number of hydrogen-bond donors (Lipinski definition) is 2. The van der Waals surface area contributed by atoms with Crippen LogP contribution in [0.15, 0.2) is 42.7 Å². The Morgan fingerprint density at radius 2 is 2.25 bits per heavy atom. The van der Waals surface area contributed by atoms with Gasteiger partial charge < -0.3 is 15.2 Å². The molecule has 0 bridgehead atoms. The zero-order valence-electron chi connectivity index (χ0n) is 11.0. The van der Waals surface area contributed by atoms with Crippen molar-refractivity contribution in [3.8, 4) is 5.75 Å². The first kappa shape index (κ1) is 14.1. The molecule has 0 aliphatic heterocycles. The number of carbonyl (C=O) groups is 1. The number of aromatic nitrogens is 2. The third kappa shape index (κ3) is 4.40. The van der Waals surface area contributed by atoms with Crippen molar-refractivity contribution < 1.29 is 14.6 Å². The number of carboxylic acids is 1. The Kier molecular flexibility index (Phi) is 5.14. The zero-order valence-corrected chi connectivity index (χ0v) is 11.0. The van der Waals surface area contributed by atoms with Crippen molar-refractivity contribution in [2.75, 3.05) is 19.7 Å². The van der Waals surface area contributed by atoms with Crippen molar-refractivity contribution in [1.29, 1.82) is 0 Å². The van der Waals surface area contributed by atoms with Crippen LogP contribution in [0, 0.1) is 0 Å². The fraction of sp³-hybridized carbons (Fsp3) is 0.286. The summed E-state index contributed by atoms with van der Waals surface area (Å²) in [5.41, 5.74) is 0.231. The Bertz CT molecular complexity index is 540. The highest BCUT2D eigenvalue weighted by atomic mass is 16.5. The first-order chi connectivity index (χ1) is 9.75. The highest BCUT2D eigenvalue weighted by molar-refractivity contribution is 5.87. The van der Waals surface area contributed by atoms with E-state index in [-0.39, 0.29) is 5.56 Å². The molecule has 1 heterocycles. The molecule has 0 saturated carbocycles. The quantitative estimate of drug-likeness (QED) is 0.709. The second kappa shape index (κ2) is 7.30. The van der Waals surface area contributed by atoms with Gasteiger partial charge in [0, 0.05) is 25.5 Å². The zero-order chi connectivity index (χ0) is 14.2. The lowest BCUT2D eigenvalue weighted by Gasteiger charge is -2.08. The first-order valence-corrected chi connectivity index (χ1v) is 6.40. The number of aromatic carboxylic acids is 1. The average molecular weight is 275 g/mol. The van der Waals surface area contributed by atoms with Crippen molar-refractivity contribution in [3.63, 3.8) is 0 Å². The van der Waals surface area contributed by atoms with Gasteiger partial charge in [0.15, 0.2) is 0 Å². The maximum absolute atomic E-state index is 10.8. The van der Waals surface area contributed by atoms with Crippen LogP contribution in [0.2, 0.25) is 0 Å². The number of ether oxygens (including phenoxy) is 1. The number of benzene rings is 1. The number of hydrogen-bond acceptors (Lipinski definition) is 4. The van der Waals surface area contributed by atoms with Crippen LogP contribution in [0.3, 0.4) is 0 Å². The largest absolute Gasteiger partial charge is 0.492 e. The molecule has 1 aromatic heterocycles. The van der Waals surface area contributed by atoms with Crippen LogP contribution in [-0.4, -0.2) is 40.6 Å². The second-order valence-corrected chi connectivity index (χ2v) is 4.20. The Morgan fingerprint density at radius 3 is 3.00 bits per heavy atom. The molecule has 0 radical (unpaired) electrons. The monoisotopic (exact) mass is 275 g/mol. The maximum atomic E-state index is 10.8. The van der Waals surface area contributed by atoms with E-state index >= 15 is 0 Å². The van der Waals surface area contributed by atoms with Gasteiger partial charge >= 0.3 is 5.97 Å². The molecule has 106 valence electrons. The third-order valence-electron chi connectivity index (χ3n) is 2.71. The molecule has 0 saturated heterocycles. The smallest absolute Gasteiger partial charge is 0.335 e. The molecule has 0 amide bonds. The van der Waals surface area contributed by atoms with E-state index in [0.717, 1.165) is 13.1 Å². The van der Waals surface area contributed by atoms with Crippen LogP contribution in [-0.2, 0) is 6.54 Å². The minimum Gasteiger partial charge on any atom is -0.492 e. The summed E-state index contributed by atoms with van der Waals surface area (Å²) in [6.07, 6.45) is 3.66. The number of rotatable bonds is 8. The fourth-order valence-electron chi connectivity index (χ4n) is 1.71. The minimum absolute atomic E-state index is 0.231. The van der Waals surface area contributed by atoms with Crippen LogP contribution in [0.25, 0.3) is 0 Å². The summed E-state index contributed by atoms with van der Waals surface area (Å²) in [5, 5.41) is 16.2. The SMILES string of the molecule is O=C(O)c1cccc(OCCNCCn2cccn2)c1. The minimum atomic E-state index is -0.951. The normalized spacial score (nSPS) is 10.4. The van der Waals surface area contributed by atoms with E-state index < -0.39 is 5.97 Å². The Balaban J connectivity index is 1.63. The van der Waals surface area contributed by atoms with Gasteiger partial charge in [-0.1, -0.05) is 6.07 Å². The van der Waals surface area contributed by atoms with Crippen molar-refractivity contribution in [1.82, 2.24) is 15.1 Å². The van der Waals surface area contributed by atoms with Crippen LogP contribution >= 0.6 is 0 Å². The molecule has 6 heteroatoms. The lowest BCUT2D eigenvalue weighted by molar-refractivity contribution is 0.0696. The molecule has 2 aromatic rings. The Hall–Kier alpha value is -2.34. The number of carboxylic acid groups (broad SMARTS) is 1. The van der Waals surface area contributed by atoms with E-state index in [1.54, 1.807) is 18.3 Å². The second-order valence-electron chi connectivity index (χ2n) is 4.20. The summed E-state index contributed by atoms with van der Waals surface area (Å²) >= 11 is 0. The molecule has 0 unspecified atom stereocenters. The van der Waals surface area contributed by atoms with Gasteiger partial charge in [0.2, 0.25) is 0 Å². The molecule has 0 aliphatic rings. The fourth-order valence-corrected chi connectivity index (χ4v) is 1.71. The van der Waals surface area contributed by atoms with Gasteiger partial charge in [0.1, 0.15) is 12.4 Å². The maximum Gasteiger partial charge on any atom is 0.335 e. The van der Waals surface area contributed by atoms with E-state index in [1.807, 2.05) is 16.9 Å². The third-order valence-corrected chi connectivity index (χ3v) is 2.71. The predicted octanol–water partition coefficient (Wildman–Crippen LogP) is 1.25. The molecule has 0 atom stereocenters. The van der Waals surface area contributed by atoms with Gasteiger partial charge in [-0.05, 0) is 24.3 Å². The van der Waals surface area contributed by atoms with Crippen LogP contribution < -0.4 is 10.1 Å². The van der Waals surface area contributed by atoms with E-state index in [4.69, 9.17) is 9.84 Å². The highest BCUT2D eigenvalue weighted by Crippen LogP contribution is 2.12. The van der Waals surface area contributed by atoms with Gasteiger partial charge in [-0.2, -0.15) is 5.10 Å². The van der Waals surface area contributed by atoms with Crippen LogP contribution in [0.1, 0.15) is 10.4 Å². The van der Waals surface area contributed by atoms with Crippen molar-refractivity contribution in [3.05, 3.63) is 48.3 Å². The summed E-state index contributed by atoms with van der Waals surface area (Å²) < 4.78 is 7.34. The summed E-state index contributed by atoms with van der Waals surface area (Å²) in [7, 11) is 0. The van der Waals surface area contributed by atoms with Crippen LogP contribution in [0.4, 0.5) is 0 Å². The summed E-state index contributed by atoms with van der Waals surface area (Å²) in [4.78, 5) is 10.8. The summed E-state index contributed by atoms with van der Waals surface area (Å²) in [5.74, 6) is -0.383. The molecule has 2 rings (SSSR count). The van der Waals surface area contributed by atoms with E-state index in [9.17, 15) is 4.79 Å². The summed E-state index contributed by atoms with van der Waals surface area (Å²) in [6.45, 7) is 2.79. The molecular weight excluding hydrogens is 258 g/mol. The standard InChI is InChI=1S/C14H17N3O3/c18-14(19)12-3-1-4-13(11-12)20-10-7-15-6-9-17-8-2-5-16-17/h1-5,8,11,15H,6-7,9-10H2,(H,18,19). The molecule has 0 aliphatic carbocycles. The molecule has 2 N–H and O–H groups in total. The van der Waals surface area contributed by atoms with Crippen molar-refractivity contribution in [2.24, 2.45) is 0 Å². The van der Waals surface area contributed by atoms with Gasteiger partial charge in [-0.3, -0.25) is 4.68 Å². The lowest BCUT2D eigenvalue weighted by atomic mass is 10.2. The van der Waals surface area contributed by atoms with Crippen molar-refractivity contribution in [2.45, 2.75) is 6.54 Å². The van der Waals surface area contributed by atoms with Gasteiger partial charge in [0.05, 0.1) is 12.1 Å². The van der Waals surface area contributed by atoms with Crippen LogP contribution in [0.5, 0.6) is 5.75 Å². The van der Waals surface area contributed by atoms with Gasteiger partial charge in [-0.15, -0.1) is 0 Å². The molecule has 20 heavy (non-hydrogen) atoms. The molecular formula is C14H17N3O3. The van der Waals surface area contributed by atoms with E-state index in [0.29, 0.717) is 18.9 Å². The molecule has 1 aromatic carbocycles. The van der Waals surface area contributed by atoms with E-state index in [2.05, 4.69) is 10.4 Å². The average Bonchev–Trinajstić information content (AvgIpc) is 2.96. The molecule has 0 spiro atoms. The molecule has 6 nitrogen and oxygen atoms in total. The number of nitrogens with one attached hydrogen (secondary N) is 1. The highest BCUT2D eigenvalue weighted by Gasteiger charge is 2.03. The Labute approximate surface area is 117 Å². The van der Waals surface area contributed by atoms with E-state index in [1.165, 1.54) is 12.1 Å². The first-order valence-electron chi connectivity index (χ1n) is 6.40. The summed E-state index contributed by atoms with van der Waals surface area (Å²) in [6, 6.07) is 8.36. The number of nitrogens with zero attached hydrogens (tertiary/aromatic N) is 2.